The van der Waals surface area contributed by atoms with E-state index in [-0.39, 0.29) is 35.1 Å². The smallest absolute Gasteiger partial charge is 0.410 e. The maximum atomic E-state index is 15.9. The number of hydrogen-bond acceptors (Lipinski definition) is 7. The first-order valence-corrected chi connectivity index (χ1v) is 12.5. The third-order valence-corrected chi connectivity index (χ3v) is 7.09. The van der Waals surface area contributed by atoms with Crippen LogP contribution in [0.25, 0.3) is 32.9 Å². The molecule has 1 amide bonds. The van der Waals surface area contributed by atoms with E-state index in [2.05, 4.69) is 19.9 Å². The van der Waals surface area contributed by atoms with Gasteiger partial charge in [-0.2, -0.15) is 0 Å². The Hall–Kier alpha value is -4.01. The van der Waals surface area contributed by atoms with Gasteiger partial charge in [0, 0.05) is 24.8 Å². The van der Waals surface area contributed by atoms with E-state index in [4.69, 9.17) is 4.74 Å². The Morgan fingerprint density at radius 2 is 1.78 bits per heavy atom. The first kappa shape index (κ1) is 23.4. The molecule has 2 bridgehead atoms. The SMILES string of the molecule is CC(C)(C)OC(=O)N1[C@@H]2CC[C@H]1CN(c1ncnc3c(F)c(-c4cc(O)cc5ccccc45)ncc13)C2. The van der Waals surface area contributed by atoms with E-state index < -0.39 is 11.4 Å². The molecule has 190 valence electrons. The standard InChI is InChI=1S/C28H28FN5O3/c1-28(2,3)37-27(36)34-17-8-9-18(34)14-33(13-17)26-22-12-30-24(23(29)25(22)31-15-32-26)21-11-19(35)10-16-6-4-5-7-20(16)21/h4-7,10-12,15,17-18,35H,8-9,13-14H2,1-3H3/t17-,18+. The fraction of sp³-hybridized carbons (Fsp3) is 0.357. The molecule has 2 aliphatic rings. The molecule has 4 aromatic rings. The second kappa shape index (κ2) is 8.54. The van der Waals surface area contributed by atoms with Crippen molar-refractivity contribution in [2.75, 3.05) is 18.0 Å². The lowest BCUT2D eigenvalue weighted by atomic mass is 10.00. The number of benzene rings is 2. The first-order valence-electron chi connectivity index (χ1n) is 12.5. The Kier molecular flexibility index (Phi) is 5.40. The van der Waals surface area contributed by atoms with E-state index in [0.717, 1.165) is 23.6 Å². The van der Waals surface area contributed by atoms with E-state index in [9.17, 15) is 9.90 Å². The number of phenols is 1. The predicted octanol–water partition coefficient (Wildman–Crippen LogP) is 5.28. The van der Waals surface area contributed by atoms with E-state index >= 15 is 4.39 Å². The molecule has 37 heavy (non-hydrogen) atoms. The molecule has 0 aliphatic carbocycles. The maximum Gasteiger partial charge on any atom is 0.410 e. The molecule has 2 fully saturated rings. The molecule has 2 aromatic heterocycles. The highest BCUT2D eigenvalue weighted by molar-refractivity contribution is 5.99. The molecule has 4 heterocycles. The Morgan fingerprint density at radius 1 is 1.05 bits per heavy atom. The van der Waals surface area contributed by atoms with Gasteiger partial charge in [-0.05, 0) is 56.5 Å². The van der Waals surface area contributed by atoms with Crippen LogP contribution in [-0.4, -0.2) is 61.8 Å². The van der Waals surface area contributed by atoms with Crippen molar-refractivity contribution in [3.63, 3.8) is 0 Å². The molecule has 2 saturated heterocycles. The fourth-order valence-corrected chi connectivity index (χ4v) is 5.60. The van der Waals surface area contributed by atoms with E-state index in [1.54, 1.807) is 12.3 Å². The van der Waals surface area contributed by atoms with Crippen LogP contribution in [0.1, 0.15) is 33.6 Å². The largest absolute Gasteiger partial charge is 0.508 e. The molecule has 2 aliphatic heterocycles. The summed E-state index contributed by atoms with van der Waals surface area (Å²) >= 11 is 0. The highest BCUT2D eigenvalue weighted by Gasteiger charge is 2.45. The Labute approximate surface area is 213 Å². The Bertz CT molecular complexity index is 1520. The molecule has 1 N–H and O–H groups in total. The summed E-state index contributed by atoms with van der Waals surface area (Å²) < 4.78 is 21.6. The third-order valence-electron chi connectivity index (χ3n) is 7.09. The quantitative estimate of drug-likeness (QED) is 0.400. The van der Waals surface area contributed by atoms with Gasteiger partial charge < -0.3 is 14.7 Å². The van der Waals surface area contributed by atoms with Gasteiger partial charge in [0.05, 0.1) is 17.5 Å². The summed E-state index contributed by atoms with van der Waals surface area (Å²) in [4.78, 5) is 30.0. The summed E-state index contributed by atoms with van der Waals surface area (Å²) in [5.74, 6) is 0.0772. The third kappa shape index (κ3) is 4.08. The summed E-state index contributed by atoms with van der Waals surface area (Å²) in [6.45, 7) is 6.74. The zero-order valence-electron chi connectivity index (χ0n) is 21.0. The lowest BCUT2D eigenvalue weighted by molar-refractivity contribution is 0.0123. The van der Waals surface area contributed by atoms with E-state index in [1.165, 1.54) is 12.4 Å². The number of carbonyl (C=O) groups is 1. The number of carbonyl (C=O) groups excluding carboxylic acids is 1. The number of piperazine rings is 1. The number of aromatic hydroxyl groups is 1. The van der Waals surface area contributed by atoms with Crippen molar-refractivity contribution >= 4 is 33.6 Å². The minimum Gasteiger partial charge on any atom is -0.508 e. The summed E-state index contributed by atoms with van der Waals surface area (Å²) in [6.07, 6.45) is 4.44. The molecule has 0 radical (unpaired) electrons. The number of nitrogens with zero attached hydrogens (tertiary/aromatic N) is 5. The highest BCUT2D eigenvalue weighted by Crippen LogP contribution is 2.38. The lowest BCUT2D eigenvalue weighted by Crippen LogP contribution is -2.57. The van der Waals surface area contributed by atoms with Gasteiger partial charge in [0.1, 0.15) is 34.7 Å². The van der Waals surface area contributed by atoms with Crippen molar-refractivity contribution < 1.29 is 19.0 Å². The average molecular weight is 502 g/mol. The number of anilines is 1. The first-order chi connectivity index (χ1) is 17.7. The molecule has 8 nitrogen and oxygen atoms in total. The van der Waals surface area contributed by atoms with Crippen molar-refractivity contribution in [3.8, 4) is 17.0 Å². The molecular weight excluding hydrogens is 473 g/mol. The lowest BCUT2D eigenvalue weighted by Gasteiger charge is -2.42. The molecule has 0 unspecified atom stereocenters. The van der Waals surface area contributed by atoms with Gasteiger partial charge in [0.2, 0.25) is 0 Å². The van der Waals surface area contributed by atoms with Gasteiger partial charge in [-0.15, -0.1) is 0 Å². The number of rotatable bonds is 2. The van der Waals surface area contributed by atoms with Crippen LogP contribution >= 0.6 is 0 Å². The van der Waals surface area contributed by atoms with Gasteiger partial charge >= 0.3 is 6.09 Å². The molecule has 0 spiro atoms. The van der Waals surface area contributed by atoms with E-state index in [1.807, 2.05) is 49.9 Å². The fourth-order valence-electron chi connectivity index (χ4n) is 5.60. The maximum absolute atomic E-state index is 15.9. The zero-order valence-corrected chi connectivity index (χ0v) is 21.0. The van der Waals surface area contributed by atoms with Crippen LogP contribution < -0.4 is 4.90 Å². The Morgan fingerprint density at radius 3 is 2.51 bits per heavy atom. The van der Waals surface area contributed by atoms with Gasteiger partial charge in [-0.25, -0.2) is 19.2 Å². The van der Waals surface area contributed by atoms with Gasteiger partial charge in [-0.1, -0.05) is 24.3 Å². The zero-order chi connectivity index (χ0) is 25.9. The molecule has 2 aromatic carbocycles. The second-order valence-corrected chi connectivity index (χ2v) is 10.8. The second-order valence-electron chi connectivity index (χ2n) is 10.8. The van der Waals surface area contributed by atoms with Crippen LogP contribution in [0.15, 0.2) is 48.9 Å². The Balaban J connectivity index is 1.36. The van der Waals surface area contributed by atoms with Crippen LogP contribution in [-0.2, 0) is 4.74 Å². The monoisotopic (exact) mass is 501 g/mol. The number of aromatic nitrogens is 3. The molecule has 2 atom stereocenters. The molecule has 6 rings (SSSR count). The van der Waals surface area contributed by atoms with E-state index in [0.29, 0.717) is 29.9 Å². The topological polar surface area (TPSA) is 91.7 Å². The summed E-state index contributed by atoms with van der Waals surface area (Å²) in [7, 11) is 0. The van der Waals surface area contributed by atoms with Gasteiger partial charge in [0.25, 0.3) is 0 Å². The van der Waals surface area contributed by atoms with Crippen molar-refractivity contribution in [2.45, 2.75) is 51.3 Å². The minimum absolute atomic E-state index is 0.00523. The normalized spacial score (nSPS) is 19.6. The van der Waals surface area contributed by atoms with Crippen molar-refractivity contribution in [2.24, 2.45) is 0 Å². The van der Waals surface area contributed by atoms with Crippen molar-refractivity contribution in [1.82, 2.24) is 19.9 Å². The number of fused-ring (bicyclic) bond motifs is 4. The van der Waals surface area contributed by atoms with Crippen molar-refractivity contribution in [1.29, 1.82) is 0 Å². The average Bonchev–Trinajstić information content (AvgIpc) is 3.12. The van der Waals surface area contributed by atoms with Crippen LogP contribution in [0.4, 0.5) is 15.0 Å². The van der Waals surface area contributed by atoms with Crippen LogP contribution in [0.5, 0.6) is 5.75 Å². The van der Waals surface area contributed by atoms with Crippen LogP contribution in [0.3, 0.4) is 0 Å². The number of amides is 1. The van der Waals surface area contributed by atoms with Crippen molar-refractivity contribution in [3.05, 3.63) is 54.7 Å². The number of pyridine rings is 1. The molecule has 0 saturated carbocycles. The summed E-state index contributed by atoms with van der Waals surface area (Å²) in [5, 5.41) is 12.3. The summed E-state index contributed by atoms with van der Waals surface area (Å²) in [6, 6.07) is 10.6. The number of ether oxygens (including phenoxy) is 1. The predicted molar refractivity (Wildman–Crippen MR) is 139 cm³/mol. The van der Waals surface area contributed by atoms with Gasteiger partial charge in [0.15, 0.2) is 5.82 Å². The minimum atomic E-state index is -0.563. The van der Waals surface area contributed by atoms with Crippen LogP contribution in [0, 0.1) is 5.82 Å². The molecular formula is C28H28FN5O3. The summed E-state index contributed by atoms with van der Waals surface area (Å²) in [5.41, 5.74) is 0.237. The number of phenolic OH excluding ortho intramolecular Hbond substituents is 1. The van der Waals surface area contributed by atoms with Gasteiger partial charge in [-0.3, -0.25) is 9.88 Å². The number of hydrogen-bond donors (Lipinski definition) is 1. The van der Waals surface area contributed by atoms with Crippen LogP contribution in [0.2, 0.25) is 0 Å². The number of halogens is 1. The molecule has 9 heteroatoms. The highest BCUT2D eigenvalue weighted by atomic mass is 19.1.